The molecule has 0 bridgehead atoms. The van der Waals surface area contributed by atoms with E-state index in [9.17, 15) is 18.0 Å². The molecule has 0 aromatic heterocycles. The lowest BCUT2D eigenvalue weighted by molar-refractivity contribution is -0.139. The lowest BCUT2D eigenvalue weighted by Crippen LogP contribution is -2.51. The molecule has 2 amide bonds. The number of halogens is 2. The van der Waals surface area contributed by atoms with Crippen LogP contribution in [0.5, 0.6) is 0 Å². The van der Waals surface area contributed by atoms with Crippen molar-refractivity contribution in [1.82, 2.24) is 10.2 Å². The van der Waals surface area contributed by atoms with Gasteiger partial charge < -0.3 is 10.2 Å². The van der Waals surface area contributed by atoms with E-state index in [0.717, 1.165) is 4.31 Å². The zero-order valence-corrected chi connectivity index (χ0v) is 24.7. The molecular weight excluding hydrogens is 557 g/mol. The van der Waals surface area contributed by atoms with Crippen molar-refractivity contribution in [3.05, 3.63) is 94.0 Å². The number of nitrogens with one attached hydrogen (secondary N) is 1. The summed E-state index contributed by atoms with van der Waals surface area (Å²) in [4.78, 5) is 28.4. The van der Waals surface area contributed by atoms with E-state index in [4.69, 9.17) is 23.2 Å². The van der Waals surface area contributed by atoms with Crippen LogP contribution in [0, 0.1) is 12.8 Å². The van der Waals surface area contributed by atoms with Gasteiger partial charge in [-0.2, -0.15) is 0 Å². The summed E-state index contributed by atoms with van der Waals surface area (Å²) in [6.45, 7) is 7.28. The van der Waals surface area contributed by atoms with Gasteiger partial charge in [-0.1, -0.05) is 67.4 Å². The van der Waals surface area contributed by atoms with Gasteiger partial charge in [-0.05, 0) is 73.4 Å². The maximum absolute atomic E-state index is 13.9. The van der Waals surface area contributed by atoms with Crippen LogP contribution in [0.1, 0.15) is 31.9 Å². The second kappa shape index (κ2) is 13.3. The van der Waals surface area contributed by atoms with Gasteiger partial charge >= 0.3 is 0 Å². The lowest BCUT2D eigenvalue weighted by atomic mass is 10.1. The smallest absolute Gasteiger partial charge is 0.264 e. The molecule has 1 N–H and O–H groups in total. The molecule has 3 aromatic carbocycles. The fourth-order valence-corrected chi connectivity index (χ4v) is 5.94. The summed E-state index contributed by atoms with van der Waals surface area (Å²) < 4.78 is 28.7. The average molecular weight is 591 g/mol. The number of aryl methyl sites for hydroxylation is 1. The molecule has 0 heterocycles. The summed E-state index contributed by atoms with van der Waals surface area (Å²) in [7, 11) is -4.14. The van der Waals surface area contributed by atoms with Gasteiger partial charge in [-0.15, -0.1) is 0 Å². The van der Waals surface area contributed by atoms with Crippen LogP contribution in [0.3, 0.4) is 0 Å². The van der Waals surface area contributed by atoms with Crippen LogP contribution in [0.25, 0.3) is 0 Å². The number of hydrogen-bond donors (Lipinski definition) is 1. The predicted molar refractivity (Wildman–Crippen MR) is 156 cm³/mol. The minimum absolute atomic E-state index is 0.0382. The number of sulfonamides is 1. The Morgan fingerprint density at radius 1 is 0.897 bits per heavy atom. The first-order chi connectivity index (χ1) is 18.4. The Morgan fingerprint density at radius 3 is 2.18 bits per heavy atom. The standard InChI is InChI=1S/C29H33Cl2N3O4S/c1-20(2)17-32-29(36)22(4)33(18-23-9-8-10-24(30)16-23)28(35)19-34(27-14-13-25(31)15-21(27)3)39(37,38)26-11-6-5-7-12-26/h5-16,20,22H,17-19H2,1-4H3,(H,32,36)/t22-/m0/s1. The molecule has 0 aliphatic rings. The van der Waals surface area contributed by atoms with Crippen molar-refractivity contribution in [3.63, 3.8) is 0 Å². The molecule has 10 heteroatoms. The third kappa shape index (κ3) is 7.97. The summed E-state index contributed by atoms with van der Waals surface area (Å²) in [5.74, 6) is -0.659. The summed E-state index contributed by atoms with van der Waals surface area (Å²) in [5.41, 5.74) is 1.61. The number of nitrogens with zero attached hydrogens (tertiary/aromatic N) is 2. The quantitative estimate of drug-likeness (QED) is 0.311. The highest BCUT2D eigenvalue weighted by atomic mass is 35.5. The van der Waals surface area contributed by atoms with Crippen LogP contribution in [0.2, 0.25) is 10.0 Å². The monoisotopic (exact) mass is 589 g/mol. The van der Waals surface area contributed by atoms with Crippen LogP contribution in [0.15, 0.2) is 77.7 Å². The largest absolute Gasteiger partial charge is 0.354 e. The van der Waals surface area contributed by atoms with E-state index in [1.54, 1.807) is 74.5 Å². The van der Waals surface area contributed by atoms with Crippen molar-refractivity contribution in [3.8, 4) is 0 Å². The van der Waals surface area contributed by atoms with E-state index >= 15 is 0 Å². The average Bonchev–Trinajstić information content (AvgIpc) is 2.89. The molecule has 0 fully saturated rings. The third-order valence-electron chi connectivity index (χ3n) is 6.13. The molecule has 0 spiro atoms. The van der Waals surface area contributed by atoms with Gasteiger partial charge in [0.05, 0.1) is 10.6 Å². The molecule has 0 aliphatic carbocycles. The first kappa shape index (κ1) is 30.5. The van der Waals surface area contributed by atoms with E-state index in [1.165, 1.54) is 17.0 Å². The Bertz CT molecular complexity index is 1420. The van der Waals surface area contributed by atoms with Crippen LogP contribution < -0.4 is 9.62 Å². The van der Waals surface area contributed by atoms with Crippen molar-refractivity contribution >= 4 is 50.7 Å². The van der Waals surface area contributed by atoms with Gasteiger partial charge in [0.25, 0.3) is 10.0 Å². The van der Waals surface area contributed by atoms with Crippen LogP contribution in [0.4, 0.5) is 5.69 Å². The Kier molecular flexibility index (Phi) is 10.4. The van der Waals surface area contributed by atoms with Crippen molar-refractivity contribution in [1.29, 1.82) is 0 Å². The van der Waals surface area contributed by atoms with Crippen LogP contribution in [-0.2, 0) is 26.2 Å². The first-order valence-corrected chi connectivity index (χ1v) is 14.7. The molecule has 7 nitrogen and oxygen atoms in total. The predicted octanol–water partition coefficient (Wildman–Crippen LogP) is 5.69. The van der Waals surface area contributed by atoms with Gasteiger partial charge in [-0.3, -0.25) is 13.9 Å². The minimum Gasteiger partial charge on any atom is -0.354 e. The zero-order valence-electron chi connectivity index (χ0n) is 22.4. The molecule has 0 saturated carbocycles. The van der Waals surface area contributed by atoms with Gasteiger partial charge in [0.2, 0.25) is 11.8 Å². The number of benzene rings is 3. The fraction of sp³-hybridized carbons (Fsp3) is 0.310. The molecule has 0 unspecified atom stereocenters. The van der Waals surface area contributed by atoms with Crippen molar-refractivity contribution in [2.75, 3.05) is 17.4 Å². The van der Waals surface area contributed by atoms with Gasteiger partial charge in [-0.25, -0.2) is 8.42 Å². The fourth-order valence-electron chi connectivity index (χ4n) is 4.00. The second-order valence-corrected chi connectivity index (χ2v) is 12.5. The molecule has 39 heavy (non-hydrogen) atoms. The number of anilines is 1. The normalized spacial score (nSPS) is 12.2. The van der Waals surface area contributed by atoms with Crippen LogP contribution in [-0.4, -0.2) is 44.3 Å². The Balaban J connectivity index is 2.03. The maximum Gasteiger partial charge on any atom is 0.264 e. The van der Waals surface area contributed by atoms with Gasteiger partial charge in [0.1, 0.15) is 12.6 Å². The summed E-state index contributed by atoms with van der Waals surface area (Å²) in [5, 5.41) is 3.80. The van der Waals surface area contributed by atoms with Crippen molar-refractivity contribution < 1.29 is 18.0 Å². The molecule has 0 radical (unpaired) electrons. The molecule has 3 rings (SSSR count). The molecular formula is C29H33Cl2N3O4S. The lowest BCUT2D eigenvalue weighted by Gasteiger charge is -2.32. The van der Waals surface area contributed by atoms with E-state index in [0.29, 0.717) is 33.4 Å². The number of rotatable bonds is 11. The van der Waals surface area contributed by atoms with E-state index in [-0.39, 0.29) is 23.3 Å². The molecule has 3 aromatic rings. The summed E-state index contributed by atoms with van der Waals surface area (Å²) >= 11 is 12.3. The highest BCUT2D eigenvalue weighted by Crippen LogP contribution is 2.29. The summed E-state index contributed by atoms with van der Waals surface area (Å²) in [6, 6.07) is 18.8. The Labute approximate surface area is 240 Å². The van der Waals surface area contributed by atoms with Gasteiger partial charge in [0, 0.05) is 23.1 Å². The Hall–Kier alpha value is -3.07. The topological polar surface area (TPSA) is 86.8 Å². The minimum atomic E-state index is -4.14. The zero-order chi connectivity index (χ0) is 28.7. The summed E-state index contributed by atoms with van der Waals surface area (Å²) in [6.07, 6.45) is 0. The highest BCUT2D eigenvalue weighted by Gasteiger charge is 2.33. The second-order valence-electron chi connectivity index (χ2n) is 9.72. The molecule has 0 saturated heterocycles. The number of amides is 2. The molecule has 208 valence electrons. The SMILES string of the molecule is Cc1cc(Cl)ccc1N(CC(=O)N(Cc1cccc(Cl)c1)[C@@H](C)C(=O)NCC(C)C)S(=O)(=O)c1ccccc1. The number of carbonyl (C=O) groups is 2. The first-order valence-electron chi connectivity index (χ1n) is 12.6. The third-order valence-corrected chi connectivity index (χ3v) is 8.38. The number of carbonyl (C=O) groups excluding carboxylic acids is 2. The van der Waals surface area contributed by atoms with E-state index < -0.39 is 28.5 Å². The van der Waals surface area contributed by atoms with E-state index in [2.05, 4.69) is 5.32 Å². The van der Waals surface area contributed by atoms with E-state index in [1.807, 2.05) is 13.8 Å². The van der Waals surface area contributed by atoms with Crippen LogP contribution >= 0.6 is 23.2 Å². The van der Waals surface area contributed by atoms with Gasteiger partial charge in [0.15, 0.2) is 0 Å². The molecule has 0 aliphatic heterocycles. The number of hydrogen-bond acceptors (Lipinski definition) is 4. The van der Waals surface area contributed by atoms with Crippen molar-refractivity contribution in [2.24, 2.45) is 5.92 Å². The Morgan fingerprint density at radius 2 is 1.56 bits per heavy atom. The highest BCUT2D eigenvalue weighted by molar-refractivity contribution is 7.92. The van der Waals surface area contributed by atoms with Crippen molar-refractivity contribution in [2.45, 2.75) is 45.2 Å². The molecule has 1 atom stereocenters. The maximum atomic E-state index is 13.9.